The maximum atomic E-state index is 12.7. The number of nitrogens with one attached hydrogen (secondary N) is 2. The van der Waals surface area contributed by atoms with E-state index >= 15 is 0 Å². The first-order valence-electron chi connectivity index (χ1n) is 8.92. The van der Waals surface area contributed by atoms with Crippen molar-refractivity contribution in [3.63, 3.8) is 0 Å². The van der Waals surface area contributed by atoms with Crippen molar-refractivity contribution in [2.45, 2.75) is 18.1 Å². The summed E-state index contributed by atoms with van der Waals surface area (Å²) in [5, 5.41) is 6.47. The number of rotatable bonds is 7. The number of anilines is 2. The summed E-state index contributed by atoms with van der Waals surface area (Å²) in [6, 6.07) is 9.03. The third-order valence-corrected chi connectivity index (χ3v) is 6.94. The molecule has 1 amide bonds. The van der Waals surface area contributed by atoms with E-state index in [4.69, 9.17) is 4.52 Å². The van der Waals surface area contributed by atoms with Crippen LogP contribution in [-0.4, -0.2) is 32.6 Å². The number of aryl methyl sites for hydroxylation is 1. The average Bonchev–Trinajstić information content (AvgIpc) is 3.34. The summed E-state index contributed by atoms with van der Waals surface area (Å²) < 4.78 is 37.7. The zero-order valence-corrected chi connectivity index (χ0v) is 18.5. The van der Waals surface area contributed by atoms with Crippen LogP contribution in [0.1, 0.15) is 33.6 Å². The molecule has 0 aliphatic rings. The maximum absolute atomic E-state index is 12.7. The molecule has 0 saturated heterocycles. The number of benzene rings is 1. The fourth-order valence-corrected chi connectivity index (χ4v) is 4.84. The van der Waals surface area contributed by atoms with Crippen LogP contribution < -0.4 is 10.0 Å². The molecule has 31 heavy (non-hydrogen) atoms. The molecule has 2 aromatic heterocycles. The van der Waals surface area contributed by atoms with Gasteiger partial charge in [0.2, 0.25) is 5.91 Å². The number of carbonyl (C=O) groups is 2. The molecule has 9 nitrogen and oxygen atoms in total. The summed E-state index contributed by atoms with van der Waals surface area (Å²) in [5.41, 5.74) is 1.63. The molecule has 1 aromatic carbocycles. The van der Waals surface area contributed by atoms with Crippen LogP contribution in [0.5, 0.6) is 0 Å². The van der Waals surface area contributed by atoms with Gasteiger partial charge in [0.1, 0.15) is 15.6 Å². The fourth-order valence-electron chi connectivity index (χ4n) is 2.55. The second kappa shape index (κ2) is 9.14. The molecule has 0 aliphatic heterocycles. The van der Waals surface area contributed by atoms with Crippen LogP contribution in [0.3, 0.4) is 0 Å². The number of methoxy groups -OCH3 is 1. The second-order valence-electron chi connectivity index (χ2n) is 6.35. The molecule has 0 atom stereocenters. The highest BCUT2D eigenvalue weighted by Gasteiger charge is 2.17. The highest BCUT2D eigenvalue weighted by molar-refractivity contribution is 7.94. The van der Waals surface area contributed by atoms with Crippen LogP contribution in [0, 0.1) is 6.92 Å². The molecule has 11 heteroatoms. The van der Waals surface area contributed by atoms with Gasteiger partial charge in [0.25, 0.3) is 10.0 Å². The van der Waals surface area contributed by atoms with E-state index in [0.29, 0.717) is 33.3 Å². The Morgan fingerprint density at radius 2 is 1.84 bits per heavy atom. The third kappa shape index (κ3) is 5.38. The van der Waals surface area contributed by atoms with E-state index in [1.807, 2.05) is 0 Å². The number of amides is 1. The molecule has 0 radical (unpaired) electrons. The Morgan fingerprint density at radius 1 is 1.13 bits per heavy atom. The van der Waals surface area contributed by atoms with Crippen molar-refractivity contribution in [2.75, 3.05) is 17.1 Å². The van der Waals surface area contributed by atoms with Crippen LogP contribution in [0.25, 0.3) is 12.2 Å². The van der Waals surface area contributed by atoms with Gasteiger partial charge in [0.15, 0.2) is 5.76 Å². The highest BCUT2D eigenvalue weighted by atomic mass is 32.2. The summed E-state index contributed by atoms with van der Waals surface area (Å²) in [7, 11) is -2.54. The van der Waals surface area contributed by atoms with E-state index < -0.39 is 16.0 Å². The van der Waals surface area contributed by atoms with Crippen LogP contribution in [0.15, 0.2) is 45.1 Å². The fraction of sp³-hybridized carbons (Fsp3) is 0.150. The zero-order chi connectivity index (χ0) is 22.6. The number of nitrogens with zero attached hydrogens (tertiary/aromatic N) is 1. The lowest BCUT2D eigenvalue weighted by Gasteiger charge is -2.06. The topological polar surface area (TPSA) is 128 Å². The summed E-state index contributed by atoms with van der Waals surface area (Å²) in [6.45, 7) is 3.08. The number of hydrogen-bond acceptors (Lipinski definition) is 8. The predicted molar refractivity (Wildman–Crippen MR) is 117 cm³/mol. The number of hydrogen-bond donors (Lipinski definition) is 2. The molecule has 3 aromatic rings. The van der Waals surface area contributed by atoms with Crippen molar-refractivity contribution in [3.8, 4) is 0 Å². The SMILES string of the molecule is COC(=O)c1ccc(NS(=O)(=O)c2ccc(C=Cc3onc(C)c3NC(C)=O)s2)cc1. The molecule has 2 N–H and O–H groups in total. The number of sulfonamides is 1. The molecule has 0 fully saturated rings. The van der Waals surface area contributed by atoms with Crippen LogP contribution in [-0.2, 0) is 19.6 Å². The van der Waals surface area contributed by atoms with Crippen molar-refractivity contribution in [1.29, 1.82) is 0 Å². The first-order chi connectivity index (χ1) is 14.7. The maximum Gasteiger partial charge on any atom is 0.337 e. The highest BCUT2D eigenvalue weighted by Crippen LogP contribution is 2.27. The first-order valence-corrected chi connectivity index (χ1v) is 11.2. The van der Waals surface area contributed by atoms with Crippen LogP contribution >= 0.6 is 11.3 Å². The van der Waals surface area contributed by atoms with Gasteiger partial charge in [-0.3, -0.25) is 9.52 Å². The van der Waals surface area contributed by atoms with Gasteiger partial charge in [-0.25, -0.2) is 13.2 Å². The Bertz CT molecular complexity index is 1240. The molecule has 2 heterocycles. The molecule has 0 aliphatic carbocycles. The lowest BCUT2D eigenvalue weighted by molar-refractivity contribution is -0.114. The van der Waals surface area contributed by atoms with E-state index in [2.05, 4.69) is 19.9 Å². The van der Waals surface area contributed by atoms with Gasteiger partial charge in [-0.2, -0.15) is 0 Å². The number of carbonyl (C=O) groups excluding carboxylic acids is 2. The van der Waals surface area contributed by atoms with Gasteiger partial charge < -0.3 is 14.6 Å². The van der Waals surface area contributed by atoms with Gasteiger partial charge in [-0.15, -0.1) is 11.3 Å². The Kier molecular flexibility index (Phi) is 6.56. The van der Waals surface area contributed by atoms with Crippen LogP contribution in [0.4, 0.5) is 11.4 Å². The van der Waals surface area contributed by atoms with Gasteiger partial charge in [0, 0.05) is 17.5 Å². The number of esters is 1. The molecular weight excluding hydrogens is 442 g/mol. The lowest BCUT2D eigenvalue weighted by atomic mass is 10.2. The van der Waals surface area contributed by atoms with Crippen molar-refractivity contribution >= 4 is 56.8 Å². The second-order valence-corrected chi connectivity index (χ2v) is 9.38. The van der Waals surface area contributed by atoms with Crippen LogP contribution in [0.2, 0.25) is 0 Å². The average molecular weight is 462 g/mol. The largest absolute Gasteiger partial charge is 0.465 e. The van der Waals surface area contributed by atoms with Gasteiger partial charge in [0.05, 0.1) is 12.7 Å². The summed E-state index contributed by atoms with van der Waals surface area (Å²) in [5.74, 6) is -0.404. The van der Waals surface area contributed by atoms with Gasteiger partial charge in [-0.1, -0.05) is 5.16 Å². The van der Waals surface area contributed by atoms with Crippen molar-refractivity contribution in [2.24, 2.45) is 0 Å². The molecule has 3 rings (SSSR count). The van der Waals surface area contributed by atoms with E-state index in [0.717, 1.165) is 11.3 Å². The smallest absolute Gasteiger partial charge is 0.337 e. The van der Waals surface area contributed by atoms with E-state index in [1.54, 1.807) is 25.1 Å². The molecular formula is C20H19N3O6S2. The summed E-state index contributed by atoms with van der Waals surface area (Å²) in [4.78, 5) is 23.5. The zero-order valence-electron chi connectivity index (χ0n) is 16.8. The van der Waals surface area contributed by atoms with Crippen molar-refractivity contribution in [3.05, 3.63) is 58.3 Å². The van der Waals surface area contributed by atoms with Gasteiger partial charge >= 0.3 is 5.97 Å². The number of thiophene rings is 1. The van der Waals surface area contributed by atoms with E-state index in [9.17, 15) is 18.0 Å². The monoisotopic (exact) mass is 461 g/mol. The summed E-state index contributed by atoms with van der Waals surface area (Å²) >= 11 is 1.06. The molecule has 0 bridgehead atoms. The third-order valence-electron chi connectivity index (χ3n) is 4.01. The molecule has 0 spiro atoms. The van der Waals surface area contributed by atoms with Gasteiger partial charge in [-0.05, 0) is 55.5 Å². The van der Waals surface area contributed by atoms with Crippen molar-refractivity contribution in [1.82, 2.24) is 5.16 Å². The number of aromatic nitrogens is 1. The Morgan fingerprint density at radius 3 is 2.48 bits per heavy atom. The lowest BCUT2D eigenvalue weighted by Crippen LogP contribution is -2.11. The minimum absolute atomic E-state index is 0.111. The molecule has 0 unspecified atom stereocenters. The quantitative estimate of drug-likeness (QED) is 0.513. The van der Waals surface area contributed by atoms with Crippen molar-refractivity contribution < 1.29 is 27.3 Å². The predicted octanol–water partition coefficient (Wildman–Crippen LogP) is 3.76. The minimum Gasteiger partial charge on any atom is -0.465 e. The molecule has 0 saturated carbocycles. The molecule has 162 valence electrons. The Balaban J connectivity index is 1.74. The number of ether oxygens (including phenoxy) is 1. The first kappa shape index (κ1) is 22.2. The normalized spacial score (nSPS) is 11.5. The summed E-state index contributed by atoms with van der Waals surface area (Å²) in [6.07, 6.45) is 3.27. The Hall–Kier alpha value is -3.44. The Labute approximate surface area is 182 Å². The van der Waals surface area contributed by atoms with E-state index in [-0.39, 0.29) is 10.1 Å². The van der Waals surface area contributed by atoms with E-state index in [1.165, 1.54) is 44.4 Å². The standard InChI is InChI=1S/C20H19N3O6S2/c1-12-19(21-13(2)24)17(29-22-12)10-8-16-9-11-18(30-16)31(26,27)23-15-6-4-14(5-7-15)20(25)28-3/h4-11,23H,1-3H3,(H,21,24). The minimum atomic E-state index is -3.81.